The number of hydrogen-bond donors (Lipinski definition) is 2. The van der Waals surface area contributed by atoms with Gasteiger partial charge in [-0.15, -0.1) is 0 Å². The van der Waals surface area contributed by atoms with E-state index in [1.165, 1.54) is 16.9 Å². The van der Waals surface area contributed by atoms with Crippen LogP contribution in [0.25, 0.3) is 0 Å². The average molecular weight is 367 g/mol. The second-order valence-corrected chi connectivity index (χ2v) is 6.94. The number of carbonyl (C=O) groups is 1. The number of nitrogens with one attached hydrogen (secondary N) is 1. The number of hydrogen-bond acceptors (Lipinski definition) is 6. The van der Waals surface area contributed by atoms with Gasteiger partial charge in [0.1, 0.15) is 16.4 Å². The summed E-state index contributed by atoms with van der Waals surface area (Å²) in [5, 5.41) is 3.76. The molecule has 0 bridgehead atoms. The smallest absolute Gasteiger partial charge is 0.206 e. The molecule has 5 nitrogen and oxygen atoms in total. The Bertz CT molecular complexity index is 933. The second kappa shape index (κ2) is 7.58. The third kappa shape index (κ3) is 3.70. The molecule has 26 heavy (non-hydrogen) atoms. The van der Waals surface area contributed by atoms with E-state index < -0.39 is 0 Å². The van der Waals surface area contributed by atoms with Crippen molar-refractivity contribution in [1.82, 2.24) is 4.98 Å². The van der Waals surface area contributed by atoms with E-state index >= 15 is 0 Å². The van der Waals surface area contributed by atoms with E-state index in [1.807, 2.05) is 49.4 Å². The monoisotopic (exact) mass is 367 g/mol. The lowest BCUT2D eigenvalue weighted by atomic mass is 10.1. The molecule has 0 unspecified atom stereocenters. The Morgan fingerprint density at radius 3 is 2.62 bits per heavy atom. The first-order chi connectivity index (χ1) is 12.5. The molecule has 0 saturated heterocycles. The van der Waals surface area contributed by atoms with E-state index in [4.69, 9.17) is 10.5 Å². The molecule has 0 amide bonds. The molecule has 0 aliphatic rings. The molecule has 0 fully saturated rings. The molecule has 0 saturated carbocycles. The maximum Gasteiger partial charge on any atom is 0.206 e. The van der Waals surface area contributed by atoms with Gasteiger partial charge < -0.3 is 15.8 Å². The number of nitrogens with two attached hydrogens (primary N) is 1. The molecular weight excluding hydrogens is 346 g/mol. The lowest BCUT2D eigenvalue weighted by Gasteiger charge is -2.09. The molecule has 0 radical (unpaired) electrons. The first-order valence-corrected chi connectivity index (χ1v) is 9.15. The number of ketones is 1. The topological polar surface area (TPSA) is 77.2 Å². The SMILES string of the molecule is CCc1ccc(C(=O)c2sc(Nc3cc(C)ccc3OC)nc2N)cc1. The highest BCUT2D eigenvalue weighted by Crippen LogP contribution is 2.33. The van der Waals surface area contributed by atoms with Crippen LogP contribution >= 0.6 is 11.3 Å². The van der Waals surface area contributed by atoms with Crippen LogP contribution in [0.4, 0.5) is 16.6 Å². The summed E-state index contributed by atoms with van der Waals surface area (Å²) in [6.07, 6.45) is 0.934. The van der Waals surface area contributed by atoms with E-state index in [0.717, 1.165) is 17.7 Å². The van der Waals surface area contributed by atoms with Gasteiger partial charge in [0.2, 0.25) is 5.78 Å². The van der Waals surface area contributed by atoms with Crippen LogP contribution in [-0.4, -0.2) is 17.9 Å². The number of nitrogen functional groups attached to an aromatic ring is 1. The van der Waals surface area contributed by atoms with Crippen LogP contribution in [0.3, 0.4) is 0 Å². The Hall–Kier alpha value is -2.86. The quantitative estimate of drug-likeness (QED) is 0.624. The Labute approximate surface area is 156 Å². The maximum absolute atomic E-state index is 12.7. The molecule has 2 aromatic carbocycles. The Balaban J connectivity index is 1.87. The zero-order valence-corrected chi connectivity index (χ0v) is 15.8. The van der Waals surface area contributed by atoms with Gasteiger partial charge in [-0.25, -0.2) is 4.98 Å². The number of carbonyl (C=O) groups excluding carboxylic acids is 1. The van der Waals surface area contributed by atoms with Crippen molar-refractivity contribution in [1.29, 1.82) is 0 Å². The zero-order valence-electron chi connectivity index (χ0n) is 15.0. The predicted octanol–water partition coefficient (Wildman–Crippen LogP) is 4.58. The number of anilines is 3. The summed E-state index contributed by atoms with van der Waals surface area (Å²) in [4.78, 5) is 17.5. The number of aryl methyl sites for hydroxylation is 2. The fourth-order valence-corrected chi connectivity index (χ4v) is 3.46. The Morgan fingerprint density at radius 2 is 1.96 bits per heavy atom. The number of rotatable bonds is 6. The van der Waals surface area contributed by atoms with E-state index in [2.05, 4.69) is 17.2 Å². The zero-order chi connectivity index (χ0) is 18.7. The lowest BCUT2D eigenvalue weighted by Crippen LogP contribution is -2.02. The van der Waals surface area contributed by atoms with E-state index in [1.54, 1.807) is 7.11 Å². The summed E-state index contributed by atoms with van der Waals surface area (Å²) >= 11 is 1.24. The minimum Gasteiger partial charge on any atom is -0.495 e. The van der Waals surface area contributed by atoms with Crippen LogP contribution in [-0.2, 0) is 6.42 Å². The van der Waals surface area contributed by atoms with Crippen LogP contribution in [0.5, 0.6) is 5.75 Å². The highest BCUT2D eigenvalue weighted by molar-refractivity contribution is 7.18. The van der Waals surface area contributed by atoms with Crippen molar-refractivity contribution >= 4 is 33.8 Å². The van der Waals surface area contributed by atoms with Gasteiger partial charge >= 0.3 is 0 Å². The highest BCUT2D eigenvalue weighted by Gasteiger charge is 2.18. The molecular formula is C20H21N3O2S. The van der Waals surface area contributed by atoms with Gasteiger partial charge in [0.05, 0.1) is 12.8 Å². The van der Waals surface area contributed by atoms with Gasteiger partial charge in [0.15, 0.2) is 5.13 Å². The molecule has 0 aliphatic carbocycles. The molecule has 3 rings (SSSR count). The van der Waals surface area contributed by atoms with Crippen molar-refractivity contribution in [3.63, 3.8) is 0 Å². The fourth-order valence-electron chi connectivity index (χ4n) is 2.61. The molecule has 1 heterocycles. The van der Waals surface area contributed by atoms with Crippen molar-refractivity contribution in [2.45, 2.75) is 20.3 Å². The van der Waals surface area contributed by atoms with E-state index in [9.17, 15) is 4.79 Å². The van der Waals surface area contributed by atoms with Gasteiger partial charge in [-0.3, -0.25) is 4.79 Å². The largest absolute Gasteiger partial charge is 0.495 e. The number of nitrogens with zero attached hydrogens (tertiary/aromatic N) is 1. The molecule has 6 heteroatoms. The fraction of sp³-hybridized carbons (Fsp3) is 0.200. The number of thiazole rings is 1. The van der Waals surface area contributed by atoms with E-state index in [0.29, 0.717) is 21.3 Å². The van der Waals surface area contributed by atoms with Gasteiger partial charge in [0.25, 0.3) is 0 Å². The summed E-state index contributed by atoms with van der Waals surface area (Å²) in [7, 11) is 1.61. The van der Waals surface area contributed by atoms with Gasteiger partial charge in [-0.2, -0.15) is 0 Å². The lowest BCUT2D eigenvalue weighted by molar-refractivity contribution is 0.104. The number of ether oxygens (including phenoxy) is 1. The molecule has 0 spiro atoms. The molecule has 0 aliphatic heterocycles. The highest BCUT2D eigenvalue weighted by atomic mass is 32.1. The van der Waals surface area contributed by atoms with Crippen LogP contribution in [0.15, 0.2) is 42.5 Å². The number of aromatic nitrogens is 1. The van der Waals surface area contributed by atoms with Crippen molar-refractivity contribution in [2.75, 3.05) is 18.2 Å². The first kappa shape index (κ1) is 17.9. The number of benzene rings is 2. The summed E-state index contributed by atoms with van der Waals surface area (Å²) in [5.41, 5.74) is 9.67. The van der Waals surface area contributed by atoms with Crippen LogP contribution in [0, 0.1) is 6.92 Å². The minimum absolute atomic E-state index is 0.119. The van der Waals surface area contributed by atoms with Crippen LogP contribution in [0.1, 0.15) is 33.3 Å². The minimum atomic E-state index is -0.119. The van der Waals surface area contributed by atoms with Crippen molar-refractivity contribution in [3.05, 3.63) is 64.0 Å². The molecule has 3 N–H and O–H groups in total. The Morgan fingerprint density at radius 1 is 1.23 bits per heavy atom. The van der Waals surface area contributed by atoms with Crippen molar-refractivity contribution < 1.29 is 9.53 Å². The summed E-state index contributed by atoms with van der Waals surface area (Å²) < 4.78 is 5.36. The van der Waals surface area contributed by atoms with Gasteiger partial charge in [-0.05, 0) is 36.6 Å². The third-order valence-electron chi connectivity index (χ3n) is 4.08. The summed E-state index contributed by atoms with van der Waals surface area (Å²) in [6.45, 7) is 4.07. The second-order valence-electron chi connectivity index (χ2n) is 5.94. The summed E-state index contributed by atoms with van der Waals surface area (Å²) in [5.74, 6) is 0.813. The molecule has 3 aromatic rings. The molecule has 134 valence electrons. The number of methoxy groups -OCH3 is 1. The third-order valence-corrected chi connectivity index (χ3v) is 5.07. The predicted molar refractivity (Wildman–Crippen MR) is 107 cm³/mol. The van der Waals surface area contributed by atoms with E-state index in [-0.39, 0.29) is 11.6 Å². The van der Waals surface area contributed by atoms with Gasteiger partial charge in [-0.1, -0.05) is 48.6 Å². The van der Waals surface area contributed by atoms with Crippen LogP contribution in [0.2, 0.25) is 0 Å². The average Bonchev–Trinajstić information content (AvgIpc) is 3.01. The first-order valence-electron chi connectivity index (χ1n) is 8.33. The standard InChI is InChI=1S/C20H21N3O2S/c1-4-13-6-8-14(9-7-13)17(24)18-19(21)23-20(26-18)22-15-11-12(2)5-10-16(15)25-3/h5-11H,4,21H2,1-3H3,(H,22,23). The maximum atomic E-state index is 12.7. The van der Waals surface area contributed by atoms with Gasteiger partial charge in [0, 0.05) is 5.56 Å². The molecule has 0 atom stereocenters. The van der Waals surface area contributed by atoms with Crippen molar-refractivity contribution in [2.24, 2.45) is 0 Å². The summed E-state index contributed by atoms with van der Waals surface area (Å²) in [6, 6.07) is 13.4. The molecule has 1 aromatic heterocycles. The Kier molecular flexibility index (Phi) is 5.23. The van der Waals surface area contributed by atoms with Crippen LogP contribution < -0.4 is 15.8 Å². The normalized spacial score (nSPS) is 10.6. The van der Waals surface area contributed by atoms with Crippen molar-refractivity contribution in [3.8, 4) is 5.75 Å².